The van der Waals surface area contributed by atoms with Crippen molar-refractivity contribution in [2.24, 2.45) is 0 Å². The van der Waals surface area contributed by atoms with Crippen molar-refractivity contribution in [1.82, 2.24) is 9.55 Å². The molecule has 4 aromatic carbocycles. The van der Waals surface area contributed by atoms with Crippen LogP contribution in [0.1, 0.15) is 50.9 Å². The summed E-state index contributed by atoms with van der Waals surface area (Å²) in [7, 11) is 0. The van der Waals surface area contributed by atoms with Crippen LogP contribution in [0.5, 0.6) is 0 Å². The summed E-state index contributed by atoms with van der Waals surface area (Å²) in [5.74, 6) is 0. The van der Waals surface area contributed by atoms with Crippen LogP contribution < -0.4 is 0 Å². The van der Waals surface area contributed by atoms with Gasteiger partial charge in [0.15, 0.2) is 0 Å². The zero-order chi connectivity index (χ0) is 29.3. The molecule has 210 valence electrons. The Bertz CT molecular complexity index is 2150. The first-order valence-electron chi connectivity index (χ1n) is 15.0. The molecule has 0 bridgehead atoms. The van der Waals surface area contributed by atoms with Gasteiger partial charge in [0, 0.05) is 30.9 Å². The predicted molar refractivity (Wildman–Crippen MR) is 184 cm³/mol. The van der Waals surface area contributed by atoms with Gasteiger partial charge in [-0.05, 0) is 71.5 Å². The van der Waals surface area contributed by atoms with Crippen LogP contribution in [0.25, 0.3) is 44.2 Å². The van der Waals surface area contributed by atoms with E-state index in [9.17, 15) is 0 Å². The molecule has 0 N–H and O–H groups in total. The number of pyridine rings is 1. The molecule has 2 aliphatic rings. The maximum absolute atomic E-state index is 5.05. The van der Waals surface area contributed by atoms with Crippen molar-refractivity contribution in [2.75, 3.05) is 0 Å². The third-order valence-electron chi connectivity index (χ3n) is 8.88. The fourth-order valence-corrected chi connectivity index (χ4v) is 9.41. The molecule has 0 atom stereocenters. The maximum Gasteiger partial charge on any atom is 0.0700 e. The number of allylic oxidation sites excluding steroid dienone is 4. The lowest BCUT2D eigenvalue weighted by atomic mass is 9.81. The second-order valence-electron chi connectivity index (χ2n) is 11.8. The molecule has 0 radical (unpaired) electrons. The van der Waals surface area contributed by atoms with Gasteiger partial charge >= 0.3 is 0 Å². The number of rotatable bonds is 4. The predicted octanol–water partition coefficient (Wildman–Crippen LogP) is 11.5. The highest BCUT2D eigenvalue weighted by atomic mass is 32.2. The van der Waals surface area contributed by atoms with Crippen LogP contribution in [-0.4, -0.2) is 9.55 Å². The molecular weight excluding hydrogens is 561 g/mol. The lowest BCUT2D eigenvalue weighted by Crippen LogP contribution is -2.16. The summed E-state index contributed by atoms with van der Waals surface area (Å²) < 4.78 is 2.52. The minimum Gasteiger partial charge on any atom is -0.306 e. The summed E-state index contributed by atoms with van der Waals surface area (Å²) in [5.41, 5.74) is 11.2. The van der Waals surface area contributed by atoms with E-state index in [1.54, 1.807) is 0 Å². The highest BCUT2D eigenvalue weighted by Gasteiger charge is 2.39. The molecule has 0 spiro atoms. The Balaban J connectivity index is 1.46. The molecule has 6 aromatic rings. The number of hydrogen-bond acceptors (Lipinski definition) is 3. The molecule has 2 nitrogen and oxygen atoms in total. The maximum atomic E-state index is 5.05. The Morgan fingerprint density at radius 3 is 2.30 bits per heavy atom. The van der Waals surface area contributed by atoms with E-state index < -0.39 is 0 Å². The van der Waals surface area contributed by atoms with E-state index in [-0.39, 0.29) is 5.41 Å². The van der Waals surface area contributed by atoms with Gasteiger partial charge in [-0.15, -0.1) is 0 Å². The number of aromatic nitrogens is 2. The molecule has 0 unspecified atom stereocenters. The standard InChI is InChI=1S/C39H32N2S2/c1-5-11-24(12-6-2)31-21-17-25(23-40-31)41-36-28(19-18-27-26-13-7-8-14-30(26)39(3,4)35(27)36)29-20-22-34-38(37(29)41)43-33-16-10-9-15-32(33)42-34/h5,7-23H,6H2,1-4H3/b11-5-,24-12+. The fourth-order valence-electron chi connectivity index (χ4n) is 7.03. The molecule has 3 heterocycles. The Hall–Kier alpha value is -3.99. The Morgan fingerprint density at radius 1 is 0.791 bits per heavy atom. The van der Waals surface area contributed by atoms with Gasteiger partial charge in [0.2, 0.25) is 0 Å². The van der Waals surface area contributed by atoms with Gasteiger partial charge in [-0.2, -0.15) is 0 Å². The van der Waals surface area contributed by atoms with E-state index in [0.29, 0.717) is 0 Å². The smallest absolute Gasteiger partial charge is 0.0700 e. The average Bonchev–Trinajstić information content (AvgIpc) is 3.49. The Labute approximate surface area is 261 Å². The molecule has 1 aliphatic heterocycles. The minimum atomic E-state index is -0.136. The summed E-state index contributed by atoms with van der Waals surface area (Å²) >= 11 is 3.78. The van der Waals surface area contributed by atoms with Crippen molar-refractivity contribution in [3.8, 4) is 16.8 Å². The van der Waals surface area contributed by atoms with Crippen molar-refractivity contribution in [3.63, 3.8) is 0 Å². The van der Waals surface area contributed by atoms with E-state index in [4.69, 9.17) is 4.98 Å². The van der Waals surface area contributed by atoms with E-state index >= 15 is 0 Å². The van der Waals surface area contributed by atoms with E-state index in [1.165, 1.54) is 63.6 Å². The number of fused-ring (bicyclic) bond motifs is 10. The molecule has 0 saturated heterocycles. The van der Waals surface area contributed by atoms with Crippen LogP contribution in [0.3, 0.4) is 0 Å². The monoisotopic (exact) mass is 592 g/mol. The van der Waals surface area contributed by atoms with E-state index in [1.807, 2.05) is 23.5 Å². The van der Waals surface area contributed by atoms with Gasteiger partial charge in [0.1, 0.15) is 0 Å². The molecule has 2 aromatic heterocycles. The summed E-state index contributed by atoms with van der Waals surface area (Å²) in [6.07, 6.45) is 9.53. The largest absolute Gasteiger partial charge is 0.306 e. The fraction of sp³-hybridized carbons (Fsp3) is 0.154. The number of nitrogens with zero attached hydrogens (tertiary/aromatic N) is 2. The highest BCUT2D eigenvalue weighted by molar-refractivity contribution is 8.05. The SMILES string of the molecule is C/C=C\C(=C/CC)c1ccc(-n2c3c4c(ccc3c3ccc5c(c32)C(C)(C)c2ccccc2-5)Sc2ccccc2S4)cn1. The zero-order valence-electron chi connectivity index (χ0n) is 24.8. The Kier molecular flexibility index (Phi) is 6.22. The summed E-state index contributed by atoms with van der Waals surface area (Å²) in [4.78, 5) is 10.3. The van der Waals surface area contributed by atoms with Crippen LogP contribution >= 0.6 is 23.5 Å². The molecule has 4 heteroatoms. The average molecular weight is 593 g/mol. The van der Waals surface area contributed by atoms with Crippen molar-refractivity contribution < 1.29 is 0 Å². The molecular formula is C39H32N2S2. The van der Waals surface area contributed by atoms with Crippen LogP contribution in [-0.2, 0) is 5.41 Å². The molecule has 0 fully saturated rings. The molecule has 0 amide bonds. The van der Waals surface area contributed by atoms with Crippen molar-refractivity contribution in [1.29, 1.82) is 0 Å². The second-order valence-corrected chi connectivity index (χ2v) is 13.9. The van der Waals surface area contributed by atoms with Gasteiger partial charge < -0.3 is 4.57 Å². The number of benzene rings is 4. The zero-order valence-corrected chi connectivity index (χ0v) is 26.4. The van der Waals surface area contributed by atoms with Crippen molar-refractivity contribution >= 4 is 50.9 Å². The summed E-state index contributed by atoms with van der Waals surface area (Å²) in [5, 5.41) is 2.59. The highest BCUT2D eigenvalue weighted by Crippen LogP contribution is 2.56. The third-order valence-corrected chi connectivity index (χ3v) is 11.5. The lowest BCUT2D eigenvalue weighted by molar-refractivity contribution is 0.664. The quantitative estimate of drug-likeness (QED) is 0.189. The molecule has 0 saturated carbocycles. The summed E-state index contributed by atoms with van der Waals surface area (Å²) in [6, 6.07) is 31.5. The van der Waals surface area contributed by atoms with Crippen LogP contribution in [0, 0.1) is 0 Å². The molecule has 8 rings (SSSR count). The van der Waals surface area contributed by atoms with Crippen molar-refractivity contribution in [3.05, 3.63) is 126 Å². The Morgan fingerprint density at radius 2 is 1.53 bits per heavy atom. The van der Waals surface area contributed by atoms with Crippen LogP contribution in [0.15, 0.2) is 129 Å². The van der Waals surface area contributed by atoms with Crippen LogP contribution in [0.4, 0.5) is 0 Å². The van der Waals surface area contributed by atoms with Gasteiger partial charge in [0.05, 0.1) is 33.5 Å². The van der Waals surface area contributed by atoms with E-state index in [2.05, 4.69) is 142 Å². The van der Waals surface area contributed by atoms with Crippen LogP contribution in [0.2, 0.25) is 0 Å². The molecule has 1 aliphatic carbocycles. The van der Waals surface area contributed by atoms with Gasteiger partial charge in [-0.3, -0.25) is 4.98 Å². The van der Waals surface area contributed by atoms with Gasteiger partial charge in [-0.25, -0.2) is 0 Å². The second kappa shape index (κ2) is 10.0. The van der Waals surface area contributed by atoms with Gasteiger partial charge in [-0.1, -0.05) is 117 Å². The first kappa shape index (κ1) is 26.6. The minimum absolute atomic E-state index is 0.136. The summed E-state index contributed by atoms with van der Waals surface area (Å²) in [6.45, 7) is 9.01. The third kappa shape index (κ3) is 3.93. The normalized spacial score (nSPS) is 15.1. The first-order chi connectivity index (χ1) is 21.0. The van der Waals surface area contributed by atoms with Crippen molar-refractivity contribution in [2.45, 2.75) is 59.1 Å². The topological polar surface area (TPSA) is 17.8 Å². The first-order valence-corrected chi connectivity index (χ1v) is 16.6. The van der Waals surface area contributed by atoms with Gasteiger partial charge in [0.25, 0.3) is 0 Å². The number of hydrogen-bond donors (Lipinski definition) is 0. The lowest BCUT2D eigenvalue weighted by Gasteiger charge is -2.24. The molecule has 43 heavy (non-hydrogen) atoms. The van der Waals surface area contributed by atoms with E-state index in [0.717, 1.165) is 23.4 Å².